The Morgan fingerprint density at radius 1 is 1.00 bits per heavy atom. The summed E-state index contributed by atoms with van der Waals surface area (Å²) in [5, 5.41) is 3.49. The second-order valence-electron chi connectivity index (χ2n) is 4.51. The first-order chi connectivity index (χ1) is 9.47. The molecule has 0 saturated carbocycles. The van der Waals surface area contributed by atoms with Crippen molar-refractivity contribution in [2.75, 3.05) is 0 Å². The Hall–Kier alpha value is -1.52. The van der Waals surface area contributed by atoms with E-state index in [2.05, 4.69) is 5.32 Å². The summed E-state index contributed by atoms with van der Waals surface area (Å²) in [4.78, 5) is 0. The van der Waals surface area contributed by atoms with Crippen LogP contribution >= 0.6 is 11.6 Å². The lowest BCUT2D eigenvalue weighted by atomic mass is 10.1. The molecule has 0 aliphatic heterocycles. The van der Waals surface area contributed by atoms with Crippen molar-refractivity contribution < 1.29 is 13.2 Å². The summed E-state index contributed by atoms with van der Waals surface area (Å²) in [7, 11) is 0. The van der Waals surface area contributed by atoms with E-state index < -0.39 is 11.6 Å². The van der Waals surface area contributed by atoms with Crippen LogP contribution < -0.4 is 5.32 Å². The highest BCUT2D eigenvalue weighted by molar-refractivity contribution is 6.30. The maximum absolute atomic E-state index is 13.5. The van der Waals surface area contributed by atoms with Gasteiger partial charge in [-0.3, -0.25) is 0 Å². The molecule has 0 aliphatic rings. The van der Waals surface area contributed by atoms with Gasteiger partial charge in [0.15, 0.2) is 11.6 Å². The van der Waals surface area contributed by atoms with E-state index in [0.717, 1.165) is 12.1 Å². The molecule has 5 heteroatoms. The lowest BCUT2D eigenvalue weighted by molar-refractivity contribution is 0.499. The van der Waals surface area contributed by atoms with Gasteiger partial charge in [0.2, 0.25) is 0 Å². The molecular formula is C15H13ClF3N. The molecule has 0 radical (unpaired) electrons. The number of benzene rings is 2. The largest absolute Gasteiger partial charge is 0.306 e. The van der Waals surface area contributed by atoms with Gasteiger partial charge < -0.3 is 5.32 Å². The summed E-state index contributed by atoms with van der Waals surface area (Å²) in [6.45, 7) is 2.03. The van der Waals surface area contributed by atoms with Crippen molar-refractivity contribution in [3.05, 3.63) is 70.0 Å². The van der Waals surface area contributed by atoms with Crippen LogP contribution in [-0.2, 0) is 6.54 Å². The fraction of sp³-hybridized carbons (Fsp3) is 0.200. The van der Waals surface area contributed by atoms with Gasteiger partial charge in [-0.15, -0.1) is 0 Å². The van der Waals surface area contributed by atoms with Gasteiger partial charge in [-0.05, 0) is 42.8 Å². The highest BCUT2D eigenvalue weighted by Crippen LogP contribution is 2.18. The lowest BCUT2D eigenvalue weighted by Gasteiger charge is -2.15. The van der Waals surface area contributed by atoms with Crippen molar-refractivity contribution in [1.29, 1.82) is 0 Å². The van der Waals surface area contributed by atoms with Crippen molar-refractivity contribution in [2.45, 2.75) is 19.5 Å². The second-order valence-corrected chi connectivity index (χ2v) is 4.95. The fourth-order valence-electron chi connectivity index (χ4n) is 1.84. The summed E-state index contributed by atoms with van der Waals surface area (Å²) in [6.07, 6.45) is 0. The minimum Gasteiger partial charge on any atom is -0.306 e. The molecule has 1 nitrogen and oxygen atoms in total. The zero-order valence-electron chi connectivity index (χ0n) is 10.8. The van der Waals surface area contributed by atoms with Gasteiger partial charge in [-0.2, -0.15) is 0 Å². The lowest BCUT2D eigenvalue weighted by Crippen LogP contribution is -2.19. The highest BCUT2D eigenvalue weighted by atomic mass is 35.5. The first-order valence-electron chi connectivity index (χ1n) is 6.09. The predicted octanol–water partition coefficient (Wildman–Crippen LogP) is 4.61. The van der Waals surface area contributed by atoms with Crippen LogP contribution in [0.15, 0.2) is 36.4 Å². The molecule has 0 bridgehead atoms. The highest BCUT2D eigenvalue weighted by Gasteiger charge is 2.10. The monoisotopic (exact) mass is 299 g/mol. The number of hydrogen-bond donors (Lipinski definition) is 1. The standard InChI is InChI=1S/C15H13ClF3N/c1-9(10-2-4-14(18)15(19)7-10)20-8-11-6-12(16)3-5-13(11)17/h2-7,9,20H,8H2,1H3. The predicted molar refractivity (Wildman–Crippen MR) is 73.0 cm³/mol. The number of hydrogen-bond acceptors (Lipinski definition) is 1. The third-order valence-electron chi connectivity index (χ3n) is 3.05. The Labute approximate surface area is 120 Å². The van der Waals surface area contributed by atoms with E-state index >= 15 is 0 Å². The van der Waals surface area contributed by atoms with Gasteiger partial charge in [-0.1, -0.05) is 17.7 Å². The Kier molecular flexibility index (Phi) is 4.68. The van der Waals surface area contributed by atoms with E-state index in [1.807, 2.05) is 0 Å². The zero-order chi connectivity index (χ0) is 14.7. The summed E-state index contributed by atoms with van der Waals surface area (Å²) < 4.78 is 39.5. The van der Waals surface area contributed by atoms with E-state index in [-0.39, 0.29) is 18.4 Å². The molecule has 0 heterocycles. The maximum Gasteiger partial charge on any atom is 0.159 e. The van der Waals surface area contributed by atoms with Gasteiger partial charge in [0.25, 0.3) is 0 Å². The van der Waals surface area contributed by atoms with Crippen LogP contribution in [0.4, 0.5) is 13.2 Å². The molecule has 2 aromatic carbocycles. The average molecular weight is 300 g/mol. The van der Waals surface area contributed by atoms with Crippen molar-refractivity contribution in [2.24, 2.45) is 0 Å². The van der Waals surface area contributed by atoms with Gasteiger partial charge >= 0.3 is 0 Å². The van der Waals surface area contributed by atoms with Crippen molar-refractivity contribution in [1.82, 2.24) is 5.32 Å². The minimum absolute atomic E-state index is 0.243. The molecule has 0 fully saturated rings. The first-order valence-corrected chi connectivity index (χ1v) is 6.47. The van der Waals surface area contributed by atoms with E-state index in [9.17, 15) is 13.2 Å². The molecule has 0 aliphatic carbocycles. The van der Waals surface area contributed by atoms with Crippen LogP contribution in [0.1, 0.15) is 24.1 Å². The van der Waals surface area contributed by atoms with Gasteiger partial charge in [-0.25, -0.2) is 13.2 Å². The van der Waals surface area contributed by atoms with Crippen LogP contribution in [0.25, 0.3) is 0 Å². The summed E-state index contributed by atoms with van der Waals surface area (Å²) in [5.41, 5.74) is 1.01. The van der Waals surface area contributed by atoms with Gasteiger partial charge in [0.1, 0.15) is 5.82 Å². The molecule has 1 N–H and O–H groups in total. The summed E-state index contributed by atoms with van der Waals surface area (Å²) in [6, 6.07) is 7.74. The summed E-state index contributed by atoms with van der Waals surface area (Å²) >= 11 is 5.80. The van der Waals surface area contributed by atoms with Crippen molar-refractivity contribution in [3.8, 4) is 0 Å². The zero-order valence-corrected chi connectivity index (χ0v) is 11.5. The Morgan fingerprint density at radius 3 is 2.40 bits per heavy atom. The number of rotatable bonds is 4. The van der Waals surface area contributed by atoms with E-state index in [4.69, 9.17) is 11.6 Å². The Balaban J connectivity index is 2.06. The topological polar surface area (TPSA) is 12.0 Å². The fourth-order valence-corrected chi connectivity index (χ4v) is 2.04. The van der Waals surface area contributed by atoms with Crippen LogP contribution in [0.2, 0.25) is 5.02 Å². The summed E-state index contributed by atoms with van der Waals surface area (Å²) in [5.74, 6) is -2.15. The molecule has 1 atom stereocenters. The van der Waals surface area contributed by atoms with E-state index in [1.165, 1.54) is 24.3 Å². The molecule has 20 heavy (non-hydrogen) atoms. The Morgan fingerprint density at radius 2 is 1.70 bits per heavy atom. The van der Waals surface area contributed by atoms with Gasteiger partial charge in [0, 0.05) is 23.2 Å². The van der Waals surface area contributed by atoms with Crippen molar-refractivity contribution >= 4 is 11.6 Å². The van der Waals surface area contributed by atoms with Crippen LogP contribution in [0.5, 0.6) is 0 Å². The third kappa shape index (κ3) is 3.52. The van der Waals surface area contributed by atoms with Crippen LogP contribution in [-0.4, -0.2) is 0 Å². The maximum atomic E-state index is 13.5. The second kappa shape index (κ2) is 6.29. The molecule has 0 amide bonds. The van der Waals surface area contributed by atoms with Crippen LogP contribution in [0, 0.1) is 17.5 Å². The first kappa shape index (κ1) is 14.9. The van der Waals surface area contributed by atoms with Crippen molar-refractivity contribution in [3.63, 3.8) is 0 Å². The molecule has 106 valence electrons. The molecular weight excluding hydrogens is 287 g/mol. The molecule has 0 aromatic heterocycles. The molecule has 2 rings (SSSR count). The van der Waals surface area contributed by atoms with E-state index in [0.29, 0.717) is 16.1 Å². The quantitative estimate of drug-likeness (QED) is 0.869. The molecule has 0 saturated heterocycles. The SMILES string of the molecule is CC(NCc1cc(Cl)ccc1F)c1ccc(F)c(F)c1. The normalized spacial score (nSPS) is 12.4. The number of nitrogens with one attached hydrogen (secondary N) is 1. The van der Waals surface area contributed by atoms with Crippen LogP contribution in [0.3, 0.4) is 0 Å². The number of halogens is 4. The van der Waals surface area contributed by atoms with E-state index in [1.54, 1.807) is 6.92 Å². The molecule has 2 aromatic rings. The molecule has 1 unspecified atom stereocenters. The third-order valence-corrected chi connectivity index (χ3v) is 3.29. The van der Waals surface area contributed by atoms with Gasteiger partial charge in [0.05, 0.1) is 0 Å². The Bertz CT molecular complexity index is 616. The molecule has 0 spiro atoms. The minimum atomic E-state index is -0.898. The smallest absolute Gasteiger partial charge is 0.159 e. The average Bonchev–Trinajstić information content (AvgIpc) is 2.42.